The summed E-state index contributed by atoms with van der Waals surface area (Å²) in [5, 5.41) is 6.73. The van der Waals surface area contributed by atoms with Crippen LogP contribution in [0.3, 0.4) is 0 Å². The van der Waals surface area contributed by atoms with Crippen molar-refractivity contribution in [2.45, 2.75) is 23.3 Å². The first kappa shape index (κ1) is 12.6. The second-order valence-corrected chi connectivity index (χ2v) is 4.26. The van der Waals surface area contributed by atoms with Crippen LogP contribution < -0.4 is 5.84 Å². The largest absolute Gasteiger partial charge is 0.453 e. The second kappa shape index (κ2) is 4.44. The first-order valence-corrected chi connectivity index (χ1v) is 5.44. The Labute approximate surface area is 103 Å². The lowest BCUT2D eigenvalue weighted by molar-refractivity contribution is -0.146. The molecule has 96 valence electrons. The average Bonchev–Trinajstić information content (AvgIpc) is 2.60. The highest BCUT2D eigenvalue weighted by Gasteiger charge is 2.38. The van der Waals surface area contributed by atoms with Gasteiger partial charge in [0.05, 0.1) is 0 Å². The van der Waals surface area contributed by atoms with Gasteiger partial charge in [0, 0.05) is 5.69 Å². The van der Waals surface area contributed by atoms with Gasteiger partial charge in [0.2, 0.25) is 5.16 Å². The molecule has 2 aromatic rings. The highest BCUT2D eigenvalue weighted by Crippen LogP contribution is 2.30. The number of aromatic nitrogens is 5. The van der Waals surface area contributed by atoms with Crippen LogP contribution in [0.2, 0.25) is 0 Å². The van der Waals surface area contributed by atoms with Crippen LogP contribution in [0.1, 0.15) is 11.5 Å². The van der Waals surface area contributed by atoms with E-state index < -0.39 is 12.0 Å². The van der Waals surface area contributed by atoms with Crippen LogP contribution in [0.4, 0.5) is 13.2 Å². The summed E-state index contributed by atoms with van der Waals surface area (Å²) in [4.78, 5) is 7.75. The summed E-state index contributed by atoms with van der Waals surface area (Å²) in [5.41, 5.74) is 0.687. The van der Waals surface area contributed by atoms with E-state index in [2.05, 4.69) is 20.2 Å². The van der Waals surface area contributed by atoms with Crippen molar-refractivity contribution in [2.75, 3.05) is 5.84 Å². The SMILES string of the molecule is Cc1cc(Sc2nnc(C(F)(F)F)n2N)ncn1. The molecule has 0 spiro atoms. The molecule has 18 heavy (non-hydrogen) atoms. The van der Waals surface area contributed by atoms with Gasteiger partial charge in [-0.1, -0.05) is 0 Å². The number of nitrogens with zero attached hydrogens (tertiary/aromatic N) is 5. The van der Waals surface area contributed by atoms with Crippen molar-refractivity contribution in [2.24, 2.45) is 0 Å². The summed E-state index contributed by atoms with van der Waals surface area (Å²) in [5.74, 6) is 4.03. The minimum atomic E-state index is -4.64. The number of hydrogen-bond donors (Lipinski definition) is 1. The first-order chi connectivity index (χ1) is 8.38. The van der Waals surface area contributed by atoms with Crippen molar-refractivity contribution in [1.82, 2.24) is 24.8 Å². The van der Waals surface area contributed by atoms with E-state index in [0.717, 1.165) is 11.8 Å². The van der Waals surface area contributed by atoms with Gasteiger partial charge < -0.3 is 5.84 Å². The zero-order valence-electron chi connectivity index (χ0n) is 9.01. The minimum Gasteiger partial charge on any atom is -0.335 e. The highest BCUT2D eigenvalue weighted by molar-refractivity contribution is 7.99. The lowest BCUT2D eigenvalue weighted by Gasteiger charge is -2.05. The van der Waals surface area contributed by atoms with Crippen molar-refractivity contribution in [1.29, 1.82) is 0 Å². The molecule has 2 aromatic heterocycles. The number of halogens is 3. The van der Waals surface area contributed by atoms with Crippen molar-refractivity contribution < 1.29 is 13.2 Å². The molecule has 0 atom stereocenters. The normalized spacial score (nSPS) is 11.8. The third kappa shape index (κ3) is 2.53. The van der Waals surface area contributed by atoms with Crippen molar-refractivity contribution in [3.05, 3.63) is 23.9 Å². The molecule has 0 saturated carbocycles. The van der Waals surface area contributed by atoms with E-state index in [-0.39, 0.29) is 5.16 Å². The molecule has 10 heteroatoms. The predicted octanol–water partition coefficient (Wildman–Crippen LogP) is 1.26. The van der Waals surface area contributed by atoms with Crippen molar-refractivity contribution in [3.63, 3.8) is 0 Å². The molecule has 0 unspecified atom stereocenters. The fraction of sp³-hybridized carbons (Fsp3) is 0.250. The number of rotatable bonds is 2. The van der Waals surface area contributed by atoms with E-state index >= 15 is 0 Å². The predicted molar refractivity (Wildman–Crippen MR) is 56.1 cm³/mol. The zero-order valence-corrected chi connectivity index (χ0v) is 9.83. The smallest absolute Gasteiger partial charge is 0.335 e. The molecule has 2 rings (SSSR count). The summed E-state index contributed by atoms with van der Waals surface area (Å²) < 4.78 is 37.7. The van der Waals surface area contributed by atoms with E-state index in [0.29, 0.717) is 15.4 Å². The third-order valence-electron chi connectivity index (χ3n) is 1.89. The molecule has 0 aliphatic rings. The summed E-state index contributed by atoms with van der Waals surface area (Å²) in [7, 11) is 0. The molecule has 0 aliphatic heterocycles. The molecule has 2 heterocycles. The highest BCUT2D eigenvalue weighted by atomic mass is 32.2. The van der Waals surface area contributed by atoms with Gasteiger partial charge in [-0.2, -0.15) is 13.2 Å². The Kier molecular flexibility index (Phi) is 3.11. The van der Waals surface area contributed by atoms with Crippen LogP contribution >= 0.6 is 11.8 Å². The monoisotopic (exact) mass is 276 g/mol. The Morgan fingerprint density at radius 3 is 2.56 bits per heavy atom. The van der Waals surface area contributed by atoms with E-state index in [4.69, 9.17) is 5.84 Å². The van der Waals surface area contributed by atoms with E-state index in [1.165, 1.54) is 6.33 Å². The molecule has 0 radical (unpaired) electrons. The fourth-order valence-corrected chi connectivity index (χ4v) is 1.90. The van der Waals surface area contributed by atoms with Crippen molar-refractivity contribution >= 4 is 11.8 Å². The third-order valence-corrected chi connectivity index (χ3v) is 2.79. The van der Waals surface area contributed by atoms with E-state index in [1.54, 1.807) is 13.0 Å². The Morgan fingerprint density at radius 2 is 2.00 bits per heavy atom. The standard InChI is InChI=1S/C8H7F3N6S/c1-4-2-5(14-3-13-4)18-7-16-15-6(17(7)12)8(9,10)11/h2-3H,12H2,1H3. The maximum absolute atomic E-state index is 12.4. The Morgan fingerprint density at radius 1 is 1.28 bits per heavy atom. The number of alkyl halides is 3. The Bertz CT molecular complexity index is 566. The van der Waals surface area contributed by atoms with Crippen LogP contribution in [0, 0.1) is 6.92 Å². The number of nitrogen functional groups attached to an aromatic ring is 1. The topological polar surface area (TPSA) is 82.5 Å². The molecule has 0 amide bonds. The van der Waals surface area contributed by atoms with Crippen molar-refractivity contribution in [3.8, 4) is 0 Å². The molecule has 0 saturated heterocycles. The van der Waals surface area contributed by atoms with Crippen LogP contribution in [0.25, 0.3) is 0 Å². The lowest BCUT2D eigenvalue weighted by Crippen LogP contribution is -2.21. The molecule has 0 aliphatic carbocycles. The first-order valence-electron chi connectivity index (χ1n) is 4.62. The van der Waals surface area contributed by atoms with Gasteiger partial charge in [0.25, 0.3) is 5.82 Å². The quantitative estimate of drug-likeness (QED) is 0.657. The number of hydrogen-bond acceptors (Lipinski definition) is 6. The van der Waals surface area contributed by atoms with E-state index in [1.807, 2.05) is 0 Å². The van der Waals surface area contributed by atoms with Gasteiger partial charge in [-0.05, 0) is 24.8 Å². The molecular formula is C8H7F3N6S. The Hall–Kier alpha value is -1.84. The second-order valence-electron chi connectivity index (χ2n) is 3.27. The minimum absolute atomic E-state index is 0.0968. The van der Waals surface area contributed by atoms with E-state index in [9.17, 15) is 13.2 Å². The maximum atomic E-state index is 12.4. The number of nitrogens with two attached hydrogens (primary N) is 1. The van der Waals surface area contributed by atoms with Gasteiger partial charge in [-0.25, -0.2) is 14.6 Å². The summed E-state index contributed by atoms with van der Waals surface area (Å²) in [6.45, 7) is 1.74. The molecule has 0 fully saturated rings. The van der Waals surface area contributed by atoms with Crippen LogP contribution in [0.15, 0.2) is 22.6 Å². The number of aryl methyl sites for hydroxylation is 1. The molecular weight excluding hydrogens is 269 g/mol. The van der Waals surface area contributed by atoms with Crippen LogP contribution in [0.5, 0.6) is 0 Å². The average molecular weight is 276 g/mol. The molecule has 0 bridgehead atoms. The molecule has 2 N–H and O–H groups in total. The van der Waals surface area contributed by atoms with Crippen LogP contribution in [-0.2, 0) is 6.18 Å². The Balaban J connectivity index is 2.28. The lowest BCUT2D eigenvalue weighted by atomic mass is 10.5. The summed E-state index contributed by atoms with van der Waals surface area (Å²) in [6.07, 6.45) is -3.33. The summed E-state index contributed by atoms with van der Waals surface area (Å²) in [6, 6.07) is 1.60. The van der Waals surface area contributed by atoms with Gasteiger partial charge in [0.15, 0.2) is 0 Å². The van der Waals surface area contributed by atoms with Gasteiger partial charge in [-0.3, -0.25) is 0 Å². The maximum Gasteiger partial charge on any atom is 0.453 e. The zero-order chi connectivity index (χ0) is 13.3. The summed E-state index contributed by atoms with van der Waals surface area (Å²) >= 11 is 0.879. The fourth-order valence-electron chi connectivity index (χ4n) is 1.12. The molecule has 6 nitrogen and oxygen atoms in total. The van der Waals surface area contributed by atoms with Gasteiger partial charge >= 0.3 is 6.18 Å². The van der Waals surface area contributed by atoms with Crippen LogP contribution in [-0.4, -0.2) is 24.8 Å². The van der Waals surface area contributed by atoms with Gasteiger partial charge in [0.1, 0.15) is 11.4 Å². The van der Waals surface area contributed by atoms with Gasteiger partial charge in [-0.15, -0.1) is 10.2 Å². The molecule has 0 aromatic carbocycles.